The largest absolute Gasteiger partial charge is 0.378 e. The van der Waals surface area contributed by atoms with E-state index in [1.165, 1.54) is 29.2 Å². The van der Waals surface area contributed by atoms with Crippen molar-refractivity contribution in [1.82, 2.24) is 4.90 Å². The maximum atomic E-state index is 13.4. The van der Waals surface area contributed by atoms with Gasteiger partial charge in [0.2, 0.25) is 0 Å². The molecule has 0 aliphatic carbocycles. The first-order valence-corrected chi connectivity index (χ1v) is 9.33. The fraction of sp³-hybridized carbons (Fsp3) is 0.200. The highest BCUT2D eigenvalue weighted by atomic mass is 79.9. The Kier molecular flexibility index (Phi) is 4.80. The molecule has 1 saturated heterocycles. The second-order valence-electron chi connectivity index (χ2n) is 6.26. The van der Waals surface area contributed by atoms with Crippen molar-refractivity contribution >= 4 is 39.0 Å². The van der Waals surface area contributed by atoms with Crippen molar-refractivity contribution in [2.24, 2.45) is 0 Å². The zero-order chi connectivity index (χ0) is 19.0. The Morgan fingerprint density at radius 3 is 2.33 bits per heavy atom. The minimum absolute atomic E-state index is 0.293. The summed E-state index contributed by atoms with van der Waals surface area (Å²) in [4.78, 5) is 29.5. The maximum absolute atomic E-state index is 13.4. The summed E-state index contributed by atoms with van der Waals surface area (Å²) in [6.07, 6.45) is 0. The lowest BCUT2D eigenvalue weighted by Gasteiger charge is -2.29. The van der Waals surface area contributed by atoms with Crippen molar-refractivity contribution < 1.29 is 18.7 Å². The minimum Gasteiger partial charge on any atom is -0.378 e. The second-order valence-corrected chi connectivity index (χ2v) is 7.17. The van der Waals surface area contributed by atoms with Crippen LogP contribution in [-0.4, -0.2) is 43.0 Å². The van der Waals surface area contributed by atoms with Crippen LogP contribution in [0.3, 0.4) is 0 Å². The molecule has 4 rings (SSSR count). The Hall–Kier alpha value is -2.51. The SMILES string of the molecule is O=C1C(c2ccc(F)cc2)=C(N2CCOCC2)C(=O)N1c1cccc(Br)c1. The molecule has 2 aromatic rings. The molecule has 0 spiro atoms. The molecule has 0 atom stereocenters. The highest BCUT2D eigenvalue weighted by Crippen LogP contribution is 2.35. The zero-order valence-electron chi connectivity index (χ0n) is 14.3. The van der Waals surface area contributed by atoms with Gasteiger partial charge in [-0.15, -0.1) is 0 Å². The molecule has 138 valence electrons. The van der Waals surface area contributed by atoms with Crippen LogP contribution in [0, 0.1) is 5.82 Å². The average Bonchev–Trinajstić information content (AvgIpc) is 2.93. The molecule has 2 aliphatic heterocycles. The lowest BCUT2D eigenvalue weighted by atomic mass is 10.0. The molecule has 0 saturated carbocycles. The number of hydrogen-bond acceptors (Lipinski definition) is 4. The smallest absolute Gasteiger partial charge is 0.282 e. The van der Waals surface area contributed by atoms with Gasteiger partial charge in [-0.05, 0) is 35.9 Å². The molecule has 1 fully saturated rings. The summed E-state index contributed by atoms with van der Waals surface area (Å²) in [5, 5.41) is 0. The first kappa shape index (κ1) is 17.9. The van der Waals surface area contributed by atoms with Crippen molar-refractivity contribution in [3.8, 4) is 0 Å². The van der Waals surface area contributed by atoms with E-state index in [1.807, 2.05) is 11.0 Å². The first-order chi connectivity index (χ1) is 13.1. The van der Waals surface area contributed by atoms with Gasteiger partial charge in [-0.2, -0.15) is 0 Å². The number of halogens is 2. The minimum atomic E-state index is -0.411. The van der Waals surface area contributed by atoms with Crippen LogP contribution in [0.5, 0.6) is 0 Å². The molecule has 0 aromatic heterocycles. The van der Waals surface area contributed by atoms with E-state index in [2.05, 4.69) is 15.9 Å². The quantitative estimate of drug-likeness (QED) is 0.701. The molecule has 0 N–H and O–H groups in total. The normalized spacial score (nSPS) is 17.9. The number of hydrogen-bond donors (Lipinski definition) is 0. The van der Waals surface area contributed by atoms with Gasteiger partial charge in [0.05, 0.1) is 24.5 Å². The van der Waals surface area contributed by atoms with Gasteiger partial charge in [0.15, 0.2) is 0 Å². The number of benzene rings is 2. The van der Waals surface area contributed by atoms with E-state index in [-0.39, 0.29) is 5.91 Å². The van der Waals surface area contributed by atoms with Gasteiger partial charge in [0, 0.05) is 17.6 Å². The maximum Gasteiger partial charge on any atom is 0.282 e. The fourth-order valence-corrected chi connectivity index (χ4v) is 3.71. The molecule has 27 heavy (non-hydrogen) atoms. The number of ether oxygens (including phenoxy) is 1. The van der Waals surface area contributed by atoms with Gasteiger partial charge in [-0.25, -0.2) is 9.29 Å². The summed E-state index contributed by atoms with van der Waals surface area (Å²) in [5.74, 6) is -1.18. The Bertz CT molecular complexity index is 936. The van der Waals surface area contributed by atoms with Crippen LogP contribution < -0.4 is 4.90 Å². The molecular formula is C20H16BrFN2O3. The van der Waals surface area contributed by atoms with E-state index in [0.29, 0.717) is 48.8 Å². The summed E-state index contributed by atoms with van der Waals surface area (Å²) in [7, 11) is 0. The second kappa shape index (κ2) is 7.25. The Balaban J connectivity index is 1.83. The monoisotopic (exact) mass is 430 g/mol. The number of carbonyl (C=O) groups excluding carboxylic acids is 2. The predicted molar refractivity (Wildman–Crippen MR) is 102 cm³/mol. The standard InChI is InChI=1S/C20H16BrFN2O3/c21-14-2-1-3-16(12-14)24-19(25)17(13-4-6-15(22)7-5-13)18(20(24)26)23-8-10-27-11-9-23/h1-7,12H,8-11H2. The molecule has 5 nitrogen and oxygen atoms in total. The lowest BCUT2D eigenvalue weighted by Crippen LogP contribution is -2.40. The van der Waals surface area contributed by atoms with E-state index in [9.17, 15) is 14.0 Å². The van der Waals surface area contributed by atoms with E-state index in [4.69, 9.17) is 4.74 Å². The van der Waals surface area contributed by atoms with Crippen LogP contribution in [-0.2, 0) is 14.3 Å². The van der Waals surface area contributed by atoms with Crippen molar-refractivity contribution in [3.05, 3.63) is 70.1 Å². The number of rotatable bonds is 3. The van der Waals surface area contributed by atoms with Gasteiger partial charge in [0.25, 0.3) is 11.8 Å². The molecule has 7 heteroatoms. The number of carbonyl (C=O) groups is 2. The van der Waals surface area contributed by atoms with Gasteiger partial charge in [-0.1, -0.05) is 34.1 Å². The summed E-state index contributed by atoms with van der Waals surface area (Å²) >= 11 is 3.38. The van der Waals surface area contributed by atoms with Gasteiger partial charge < -0.3 is 9.64 Å². The van der Waals surface area contributed by atoms with Gasteiger partial charge >= 0.3 is 0 Å². The fourth-order valence-electron chi connectivity index (χ4n) is 3.32. The zero-order valence-corrected chi connectivity index (χ0v) is 15.9. The topological polar surface area (TPSA) is 49.9 Å². The Morgan fingerprint density at radius 2 is 1.67 bits per heavy atom. The Labute approximate surface area is 164 Å². The molecule has 2 aliphatic rings. The highest BCUT2D eigenvalue weighted by molar-refractivity contribution is 9.10. The van der Waals surface area contributed by atoms with Crippen molar-refractivity contribution in [2.45, 2.75) is 0 Å². The highest BCUT2D eigenvalue weighted by Gasteiger charge is 2.42. The van der Waals surface area contributed by atoms with Crippen molar-refractivity contribution in [2.75, 3.05) is 31.2 Å². The van der Waals surface area contributed by atoms with Crippen LogP contribution in [0.2, 0.25) is 0 Å². The number of anilines is 1. The van der Waals surface area contributed by atoms with Crippen LogP contribution in [0.1, 0.15) is 5.56 Å². The van der Waals surface area contributed by atoms with E-state index in [1.54, 1.807) is 18.2 Å². The molecule has 0 unspecified atom stereocenters. The Morgan fingerprint density at radius 1 is 0.963 bits per heavy atom. The van der Waals surface area contributed by atoms with Gasteiger partial charge in [-0.3, -0.25) is 9.59 Å². The summed E-state index contributed by atoms with van der Waals surface area (Å²) in [5.41, 5.74) is 1.65. The van der Waals surface area contributed by atoms with E-state index >= 15 is 0 Å². The third-order valence-electron chi connectivity index (χ3n) is 4.59. The lowest BCUT2D eigenvalue weighted by molar-refractivity contribution is -0.121. The molecule has 2 aromatic carbocycles. The molecule has 2 heterocycles. The van der Waals surface area contributed by atoms with Crippen LogP contribution in [0.4, 0.5) is 10.1 Å². The summed E-state index contributed by atoms with van der Waals surface area (Å²) in [6, 6.07) is 12.7. The third kappa shape index (κ3) is 3.28. The predicted octanol–water partition coefficient (Wildman–Crippen LogP) is 3.20. The number of imide groups is 1. The number of morpholine rings is 1. The van der Waals surface area contributed by atoms with Crippen LogP contribution in [0.15, 0.2) is 58.7 Å². The van der Waals surface area contributed by atoms with Crippen LogP contribution in [0.25, 0.3) is 5.57 Å². The molecule has 0 radical (unpaired) electrons. The molecular weight excluding hydrogens is 415 g/mol. The van der Waals surface area contributed by atoms with Crippen molar-refractivity contribution in [3.63, 3.8) is 0 Å². The summed E-state index contributed by atoms with van der Waals surface area (Å²) < 4.78 is 19.5. The van der Waals surface area contributed by atoms with Crippen molar-refractivity contribution in [1.29, 1.82) is 0 Å². The van der Waals surface area contributed by atoms with Crippen LogP contribution >= 0.6 is 15.9 Å². The third-order valence-corrected chi connectivity index (χ3v) is 5.08. The first-order valence-electron chi connectivity index (χ1n) is 8.53. The number of nitrogens with zero attached hydrogens (tertiary/aromatic N) is 2. The molecule has 2 amide bonds. The number of amides is 2. The van der Waals surface area contributed by atoms with Gasteiger partial charge in [0.1, 0.15) is 11.5 Å². The summed E-state index contributed by atoms with van der Waals surface area (Å²) in [6.45, 7) is 2.01. The average molecular weight is 431 g/mol. The van der Waals surface area contributed by atoms with E-state index < -0.39 is 11.7 Å². The van der Waals surface area contributed by atoms with E-state index in [0.717, 1.165) is 4.47 Å². The molecule has 0 bridgehead atoms.